The van der Waals surface area contributed by atoms with E-state index in [1.807, 2.05) is 0 Å². The molecule has 0 saturated heterocycles. The summed E-state index contributed by atoms with van der Waals surface area (Å²) in [5.41, 5.74) is 1.15. The predicted molar refractivity (Wildman–Crippen MR) is 141 cm³/mol. The Morgan fingerprint density at radius 2 is 1.58 bits per heavy atom. The topological polar surface area (TPSA) is 123 Å². The molecule has 0 spiro atoms. The highest BCUT2D eigenvalue weighted by Gasteiger charge is 2.39. The number of hydrogen-bond donors (Lipinski definition) is 2. The third kappa shape index (κ3) is 5.16. The number of carbonyl (C=O) groups is 4. The molecule has 3 aromatic carbocycles. The number of nitrogens with zero attached hydrogens (tertiary/aromatic N) is 1. The number of methoxy groups -OCH3 is 3. The van der Waals surface area contributed by atoms with Crippen LogP contribution >= 0.6 is 11.6 Å². The number of hydrogen-bond acceptors (Lipinski definition) is 8. The second-order valence-corrected chi connectivity index (χ2v) is 8.28. The zero-order valence-corrected chi connectivity index (χ0v) is 21.3. The van der Waals surface area contributed by atoms with Crippen LogP contribution in [-0.2, 0) is 14.3 Å². The van der Waals surface area contributed by atoms with Crippen LogP contribution in [0.1, 0.15) is 20.7 Å². The quantitative estimate of drug-likeness (QED) is 0.325. The number of anilines is 3. The second-order valence-electron chi connectivity index (χ2n) is 7.90. The molecule has 1 heterocycles. The Hall–Kier alpha value is -4.83. The van der Waals surface area contributed by atoms with Gasteiger partial charge in [-0.15, -0.1) is 0 Å². The first-order valence-electron chi connectivity index (χ1n) is 11.1. The molecule has 38 heavy (non-hydrogen) atoms. The summed E-state index contributed by atoms with van der Waals surface area (Å²) in [6.07, 6.45) is 0. The van der Waals surface area contributed by atoms with Crippen molar-refractivity contribution < 1.29 is 33.4 Å². The summed E-state index contributed by atoms with van der Waals surface area (Å²) in [5, 5.41) is 5.27. The molecule has 0 radical (unpaired) electrons. The number of rotatable bonds is 8. The van der Waals surface area contributed by atoms with E-state index in [0.717, 1.165) is 4.90 Å². The van der Waals surface area contributed by atoms with Crippen molar-refractivity contribution in [2.75, 3.05) is 36.9 Å². The number of imide groups is 1. The van der Waals surface area contributed by atoms with E-state index in [2.05, 4.69) is 10.6 Å². The van der Waals surface area contributed by atoms with Crippen molar-refractivity contribution in [2.45, 2.75) is 0 Å². The van der Waals surface area contributed by atoms with Crippen molar-refractivity contribution >= 4 is 52.4 Å². The number of carbonyl (C=O) groups excluding carboxylic acids is 4. The van der Waals surface area contributed by atoms with Crippen LogP contribution in [0.2, 0.25) is 0 Å². The maximum Gasteiger partial charge on any atom is 0.337 e. The van der Waals surface area contributed by atoms with Crippen molar-refractivity contribution in [3.05, 3.63) is 88.6 Å². The van der Waals surface area contributed by atoms with Gasteiger partial charge in [0.1, 0.15) is 22.2 Å². The molecule has 0 atom stereocenters. The number of halogens is 1. The summed E-state index contributed by atoms with van der Waals surface area (Å²) in [6.45, 7) is 0. The fraction of sp³-hybridized carbons (Fsp3) is 0.111. The minimum Gasteiger partial charge on any atom is -0.497 e. The average Bonchev–Trinajstić information content (AvgIpc) is 3.15. The lowest BCUT2D eigenvalue weighted by Crippen LogP contribution is -2.32. The maximum atomic E-state index is 13.2. The molecule has 0 fully saturated rings. The minimum absolute atomic E-state index is 0.151. The Bertz CT molecular complexity index is 1480. The molecular formula is C27H22ClN3O7. The number of esters is 1. The lowest BCUT2D eigenvalue weighted by atomic mass is 10.1. The Kier molecular flexibility index (Phi) is 7.63. The van der Waals surface area contributed by atoms with Crippen molar-refractivity contribution in [3.8, 4) is 11.5 Å². The maximum absolute atomic E-state index is 13.2. The van der Waals surface area contributed by atoms with E-state index in [1.165, 1.54) is 51.7 Å². The van der Waals surface area contributed by atoms with Gasteiger partial charge in [0.2, 0.25) is 0 Å². The van der Waals surface area contributed by atoms with Gasteiger partial charge in [0.25, 0.3) is 17.7 Å². The fourth-order valence-electron chi connectivity index (χ4n) is 3.72. The van der Waals surface area contributed by atoms with Gasteiger partial charge in [0.05, 0.1) is 38.3 Å². The molecule has 0 bridgehead atoms. The van der Waals surface area contributed by atoms with Crippen molar-refractivity contribution in [1.29, 1.82) is 0 Å². The van der Waals surface area contributed by atoms with Gasteiger partial charge in [0.15, 0.2) is 0 Å². The summed E-state index contributed by atoms with van der Waals surface area (Å²) in [4.78, 5) is 51.7. The first kappa shape index (κ1) is 26.2. The predicted octanol–water partition coefficient (Wildman–Crippen LogP) is 4.18. The van der Waals surface area contributed by atoms with Crippen LogP contribution < -0.4 is 25.0 Å². The van der Waals surface area contributed by atoms with Crippen LogP contribution in [0.5, 0.6) is 11.5 Å². The third-order valence-electron chi connectivity index (χ3n) is 5.60. The molecule has 2 N–H and O–H groups in total. The number of ether oxygens (including phenoxy) is 3. The van der Waals surface area contributed by atoms with Crippen LogP contribution in [0.15, 0.2) is 77.5 Å². The highest BCUT2D eigenvalue weighted by atomic mass is 35.5. The first-order chi connectivity index (χ1) is 18.3. The van der Waals surface area contributed by atoms with Crippen molar-refractivity contribution in [2.24, 2.45) is 0 Å². The summed E-state index contributed by atoms with van der Waals surface area (Å²) >= 11 is 6.23. The fourth-order valence-corrected chi connectivity index (χ4v) is 3.94. The van der Waals surface area contributed by atoms with Crippen LogP contribution in [0.25, 0.3) is 0 Å². The van der Waals surface area contributed by atoms with Gasteiger partial charge < -0.3 is 24.8 Å². The molecule has 0 unspecified atom stereocenters. The molecule has 3 aromatic rings. The highest BCUT2D eigenvalue weighted by molar-refractivity contribution is 6.53. The summed E-state index contributed by atoms with van der Waals surface area (Å²) in [7, 11) is 4.21. The van der Waals surface area contributed by atoms with Gasteiger partial charge in [-0.3, -0.25) is 14.4 Å². The molecule has 194 valence electrons. The van der Waals surface area contributed by atoms with Gasteiger partial charge in [0, 0.05) is 17.3 Å². The zero-order valence-electron chi connectivity index (χ0n) is 20.5. The summed E-state index contributed by atoms with van der Waals surface area (Å²) in [5.74, 6) is -1.58. The van der Waals surface area contributed by atoms with Gasteiger partial charge in [-0.05, 0) is 48.5 Å². The molecule has 0 aromatic heterocycles. The SMILES string of the molecule is COC(=O)c1cccc(N2C(=O)C(Cl)=C(Nc3cccc(C(=O)Nc4cc(OC)ccc4OC)c3)C2=O)c1. The van der Waals surface area contributed by atoms with Crippen LogP contribution in [0.4, 0.5) is 17.1 Å². The van der Waals surface area contributed by atoms with E-state index in [1.54, 1.807) is 36.4 Å². The molecule has 1 aliphatic heterocycles. The largest absolute Gasteiger partial charge is 0.497 e. The van der Waals surface area contributed by atoms with Crippen LogP contribution in [-0.4, -0.2) is 45.0 Å². The molecule has 10 nitrogen and oxygen atoms in total. The number of nitrogens with one attached hydrogen (secondary N) is 2. The van der Waals surface area contributed by atoms with Gasteiger partial charge in [-0.1, -0.05) is 23.7 Å². The molecule has 1 aliphatic rings. The molecular weight excluding hydrogens is 514 g/mol. The summed E-state index contributed by atoms with van der Waals surface area (Å²) < 4.78 is 15.2. The Labute approximate surface area is 222 Å². The van der Waals surface area contributed by atoms with E-state index in [0.29, 0.717) is 22.9 Å². The third-order valence-corrected chi connectivity index (χ3v) is 5.95. The van der Waals surface area contributed by atoms with E-state index >= 15 is 0 Å². The summed E-state index contributed by atoms with van der Waals surface area (Å²) in [6, 6.07) is 17.1. The average molecular weight is 536 g/mol. The second kappa shape index (κ2) is 11.1. The lowest BCUT2D eigenvalue weighted by Gasteiger charge is -2.16. The van der Waals surface area contributed by atoms with Gasteiger partial charge in [-0.25, -0.2) is 9.69 Å². The zero-order chi connectivity index (χ0) is 27.4. The monoisotopic (exact) mass is 535 g/mol. The Balaban J connectivity index is 1.55. The van der Waals surface area contributed by atoms with E-state index < -0.39 is 23.7 Å². The van der Waals surface area contributed by atoms with E-state index in [9.17, 15) is 19.2 Å². The number of amides is 3. The Morgan fingerprint density at radius 3 is 2.29 bits per heavy atom. The Morgan fingerprint density at radius 1 is 0.842 bits per heavy atom. The normalized spacial score (nSPS) is 12.9. The molecule has 4 rings (SSSR count). The lowest BCUT2D eigenvalue weighted by molar-refractivity contribution is -0.120. The molecule has 11 heteroatoms. The smallest absolute Gasteiger partial charge is 0.337 e. The van der Waals surface area contributed by atoms with E-state index in [-0.39, 0.29) is 27.5 Å². The van der Waals surface area contributed by atoms with Crippen molar-refractivity contribution in [3.63, 3.8) is 0 Å². The van der Waals surface area contributed by atoms with Gasteiger partial charge in [-0.2, -0.15) is 0 Å². The van der Waals surface area contributed by atoms with Crippen molar-refractivity contribution in [1.82, 2.24) is 0 Å². The van der Waals surface area contributed by atoms with Gasteiger partial charge >= 0.3 is 5.97 Å². The molecule has 0 saturated carbocycles. The standard InChI is InChI=1S/C27H22ClN3O7/c1-36-19-10-11-21(37-2)20(14-19)30-24(32)15-6-4-8-17(12-15)29-23-22(28)25(33)31(26(23)34)18-9-5-7-16(13-18)27(35)38-3/h4-14,29H,1-3H3,(H,30,32). The van der Waals surface area contributed by atoms with Crippen LogP contribution in [0, 0.1) is 0 Å². The van der Waals surface area contributed by atoms with E-state index in [4.69, 9.17) is 25.8 Å². The first-order valence-corrected chi connectivity index (χ1v) is 11.5. The highest BCUT2D eigenvalue weighted by Crippen LogP contribution is 2.32. The number of benzene rings is 3. The molecule has 0 aliphatic carbocycles. The van der Waals surface area contributed by atoms with Crippen LogP contribution in [0.3, 0.4) is 0 Å². The molecule has 3 amide bonds. The minimum atomic E-state index is -0.764.